The van der Waals surface area contributed by atoms with Crippen molar-refractivity contribution in [3.05, 3.63) is 29.8 Å². The van der Waals surface area contributed by atoms with Gasteiger partial charge in [-0.05, 0) is 11.6 Å². The van der Waals surface area contributed by atoms with Gasteiger partial charge < -0.3 is 10.2 Å². The largest absolute Gasteiger partial charge is 0.383 e. The quantitative estimate of drug-likeness (QED) is 0.624. The molecule has 3 rings (SSSR count). The summed E-state index contributed by atoms with van der Waals surface area (Å²) < 4.78 is 0. The van der Waals surface area contributed by atoms with Crippen LogP contribution in [0.15, 0.2) is 24.3 Å². The van der Waals surface area contributed by atoms with Crippen LogP contribution in [0.1, 0.15) is 18.0 Å². The van der Waals surface area contributed by atoms with Crippen molar-refractivity contribution < 1.29 is 4.79 Å². The number of amides is 1. The monoisotopic (exact) mass is 188 g/mol. The van der Waals surface area contributed by atoms with E-state index in [4.69, 9.17) is 0 Å². The molecule has 2 heterocycles. The summed E-state index contributed by atoms with van der Waals surface area (Å²) in [5, 5.41) is 3.35. The van der Waals surface area contributed by atoms with Gasteiger partial charge in [0.05, 0.1) is 12.5 Å². The Balaban J connectivity index is 2.04. The lowest BCUT2D eigenvalue weighted by Gasteiger charge is -2.39. The Bertz CT molecular complexity index is 389. The van der Waals surface area contributed by atoms with Crippen LogP contribution in [0, 0.1) is 0 Å². The third-order valence-corrected chi connectivity index (χ3v) is 3.05. The molecule has 2 aliphatic heterocycles. The van der Waals surface area contributed by atoms with E-state index in [1.807, 2.05) is 17.0 Å². The Labute approximate surface area is 82.7 Å². The second-order valence-corrected chi connectivity index (χ2v) is 3.82. The molecule has 1 aromatic carbocycles. The van der Waals surface area contributed by atoms with Gasteiger partial charge in [-0.15, -0.1) is 0 Å². The van der Waals surface area contributed by atoms with Crippen LogP contribution < -0.4 is 5.32 Å². The number of benzene rings is 1. The van der Waals surface area contributed by atoms with Gasteiger partial charge in [0, 0.05) is 18.8 Å². The molecule has 1 unspecified atom stereocenters. The lowest BCUT2D eigenvalue weighted by molar-refractivity contribution is -0.145. The molecule has 3 nitrogen and oxygen atoms in total. The zero-order chi connectivity index (χ0) is 9.54. The summed E-state index contributed by atoms with van der Waals surface area (Å²) in [6, 6.07) is 8.59. The van der Waals surface area contributed by atoms with Crippen molar-refractivity contribution in [3.8, 4) is 0 Å². The molecule has 1 fully saturated rings. The smallest absolute Gasteiger partial charge is 0.225 e. The van der Waals surface area contributed by atoms with E-state index >= 15 is 0 Å². The molecule has 0 aromatic heterocycles. The molecular formula is C11H12N2O. The molecule has 1 amide bonds. The number of anilines is 1. The molecule has 2 aliphatic rings. The zero-order valence-electron chi connectivity index (χ0n) is 7.86. The lowest BCUT2D eigenvalue weighted by atomic mass is 9.93. The minimum Gasteiger partial charge on any atom is -0.383 e. The first kappa shape index (κ1) is 7.85. The van der Waals surface area contributed by atoms with E-state index in [1.165, 1.54) is 11.3 Å². The number of carbonyl (C=O) groups is 1. The van der Waals surface area contributed by atoms with Crippen LogP contribution in [-0.4, -0.2) is 23.9 Å². The van der Waals surface area contributed by atoms with Crippen LogP contribution in [0.25, 0.3) is 0 Å². The molecule has 3 heteroatoms. The summed E-state index contributed by atoms with van der Waals surface area (Å²) in [5.41, 5.74) is 2.46. The number of para-hydroxylation sites is 1. The third kappa shape index (κ3) is 0.953. The maximum atomic E-state index is 11.3. The number of hydrogen-bond acceptors (Lipinski definition) is 2. The highest BCUT2D eigenvalue weighted by molar-refractivity contribution is 5.85. The average molecular weight is 188 g/mol. The first-order valence-electron chi connectivity index (χ1n) is 4.98. The van der Waals surface area contributed by atoms with E-state index in [0.717, 1.165) is 13.1 Å². The van der Waals surface area contributed by atoms with Gasteiger partial charge in [-0.2, -0.15) is 0 Å². The van der Waals surface area contributed by atoms with Crippen LogP contribution in [0.4, 0.5) is 5.69 Å². The van der Waals surface area contributed by atoms with Crippen molar-refractivity contribution in [2.75, 3.05) is 18.4 Å². The minimum absolute atomic E-state index is 0.286. The van der Waals surface area contributed by atoms with Crippen LogP contribution >= 0.6 is 0 Å². The second-order valence-electron chi connectivity index (χ2n) is 3.82. The summed E-state index contributed by atoms with van der Waals surface area (Å²) in [5.74, 6) is 0.286. The Hall–Kier alpha value is -1.51. The molecule has 0 aliphatic carbocycles. The van der Waals surface area contributed by atoms with Crippen LogP contribution in [0.3, 0.4) is 0 Å². The van der Waals surface area contributed by atoms with Gasteiger partial charge in [-0.25, -0.2) is 0 Å². The van der Waals surface area contributed by atoms with Crippen molar-refractivity contribution in [1.82, 2.24) is 4.90 Å². The highest BCUT2D eigenvalue weighted by atomic mass is 16.2. The molecule has 1 N–H and O–H groups in total. The lowest BCUT2D eigenvalue weighted by Crippen LogP contribution is -2.46. The van der Waals surface area contributed by atoms with Crippen molar-refractivity contribution in [2.24, 2.45) is 0 Å². The zero-order valence-corrected chi connectivity index (χ0v) is 7.86. The fourth-order valence-electron chi connectivity index (χ4n) is 2.27. The summed E-state index contributed by atoms with van der Waals surface area (Å²) in [7, 11) is 0. The number of carbonyl (C=O) groups excluding carboxylic acids is 1. The molecule has 0 saturated carbocycles. The Morgan fingerprint density at radius 1 is 1.36 bits per heavy atom. The topological polar surface area (TPSA) is 32.3 Å². The fourth-order valence-corrected chi connectivity index (χ4v) is 2.27. The predicted octanol–water partition coefficient (Wildman–Crippen LogP) is 1.39. The Kier molecular flexibility index (Phi) is 1.54. The van der Waals surface area contributed by atoms with E-state index in [0.29, 0.717) is 12.5 Å². The standard InChI is InChI=1S/C11H12N2O/c14-11-7-10-8-3-1-2-4-9(8)12-5-6-13(10)11/h1-4,10,12H,5-7H2. The van der Waals surface area contributed by atoms with Gasteiger partial charge in [0.2, 0.25) is 5.91 Å². The van der Waals surface area contributed by atoms with Crippen LogP contribution in [0.2, 0.25) is 0 Å². The summed E-state index contributed by atoms with van der Waals surface area (Å²) in [4.78, 5) is 13.3. The molecule has 14 heavy (non-hydrogen) atoms. The first-order valence-corrected chi connectivity index (χ1v) is 4.98. The number of fused-ring (bicyclic) bond motifs is 3. The highest BCUT2D eigenvalue weighted by Gasteiger charge is 2.38. The number of nitrogens with zero attached hydrogens (tertiary/aromatic N) is 1. The number of hydrogen-bond donors (Lipinski definition) is 1. The molecular weight excluding hydrogens is 176 g/mol. The molecule has 0 radical (unpaired) electrons. The van der Waals surface area contributed by atoms with Crippen LogP contribution in [-0.2, 0) is 4.79 Å². The number of nitrogens with one attached hydrogen (secondary N) is 1. The minimum atomic E-state index is 0.286. The molecule has 0 bridgehead atoms. The van der Waals surface area contributed by atoms with Crippen LogP contribution in [0.5, 0.6) is 0 Å². The van der Waals surface area contributed by atoms with Gasteiger partial charge in [-0.1, -0.05) is 18.2 Å². The Morgan fingerprint density at radius 3 is 3.07 bits per heavy atom. The van der Waals surface area contributed by atoms with E-state index in [9.17, 15) is 4.79 Å². The fraction of sp³-hybridized carbons (Fsp3) is 0.364. The molecule has 1 aromatic rings. The normalized spacial score (nSPS) is 24.1. The van der Waals surface area contributed by atoms with Crippen molar-refractivity contribution in [2.45, 2.75) is 12.5 Å². The third-order valence-electron chi connectivity index (χ3n) is 3.05. The van der Waals surface area contributed by atoms with Crippen molar-refractivity contribution in [1.29, 1.82) is 0 Å². The van der Waals surface area contributed by atoms with Crippen molar-refractivity contribution in [3.63, 3.8) is 0 Å². The SMILES string of the molecule is O=C1CC2c3ccccc3NCCN12. The Morgan fingerprint density at radius 2 is 2.21 bits per heavy atom. The second kappa shape index (κ2) is 2.74. The van der Waals surface area contributed by atoms with E-state index in [2.05, 4.69) is 17.4 Å². The predicted molar refractivity (Wildman–Crippen MR) is 54.0 cm³/mol. The number of rotatable bonds is 0. The number of β-lactam (4-membered cyclic amide) rings is 1. The van der Waals surface area contributed by atoms with Gasteiger partial charge in [0.1, 0.15) is 0 Å². The van der Waals surface area contributed by atoms with Crippen molar-refractivity contribution >= 4 is 11.6 Å². The maximum absolute atomic E-state index is 11.3. The van der Waals surface area contributed by atoms with E-state index < -0.39 is 0 Å². The molecule has 0 spiro atoms. The van der Waals surface area contributed by atoms with Gasteiger partial charge in [0.25, 0.3) is 0 Å². The van der Waals surface area contributed by atoms with Gasteiger partial charge in [-0.3, -0.25) is 4.79 Å². The summed E-state index contributed by atoms with van der Waals surface area (Å²) >= 11 is 0. The van der Waals surface area contributed by atoms with Gasteiger partial charge in [0.15, 0.2) is 0 Å². The molecule has 1 saturated heterocycles. The highest BCUT2D eigenvalue weighted by Crippen LogP contribution is 2.39. The maximum Gasteiger partial charge on any atom is 0.225 e. The average Bonchev–Trinajstić information content (AvgIpc) is 2.35. The summed E-state index contributed by atoms with van der Waals surface area (Å²) in [6.07, 6.45) is 0.679. The van der Waals surface area contributed by atoms with E-state index in [-0.39, 0.29) is 5.91 Å². The molecule has 72 valence electrons. The first-order chi connectivity index (χ1) is 6.86. The summed E-state index contributed by atoms with van der Waals surface area (Å²) in [6.45, 7) is 1.69. The molecule has 1 atom stereocenters. The van der Waals surface area contributed by atoms with E-state index in [1.54, 1.807) is 0 Å². The van der Waals surface area contributed by atoms with Gasteiger partial charge >= 0.3 is 0 Å².